The number of ether oxygens (including phenoxy) is 3. The molecule has 0 aliphatic carbocycles. The van der Waals surface area contributed by atoms with Crippen LogP contribution in [0.1, 0.15) is 206 Å². The summed E-state index contributed by atoms with van der Waals surface area (Å²) >= 11 is 0. The SMILES string of the molecule is CC/C=C/C/C=C/C/C=C/C/C=C/C/C=C/C/C=C/C/C=C/CCCC(=O)OCC(COCCC(C(=O)O)[N+](C)(C)C)OC(=O)CCCCCCCCC/C=C/CCCCCCCCCCC. The fourth-order valence-corrected chi connectivity index (χ4v) is 7.37. The number of esters is 2. The van der Waals surface area contributed by atoms with Gasteiger partial charge in [0.1, 0.15) is 6.61 Å². The number of carbonyl (C=O) groups excluding carboxylic acids is 2. The molecule has 0 heterocycles. The van der Waals surface area contributed by atoms with Crippen LogP contribution in [0.15, 0.2) is 97.2 Å². The first-order valence-electron chi connectivity index (χ1n) is 26.8. The van der Waals surface area contributed by atoms with E-state index in [4.69, 9.17) is 14.2 Å². The Morgan fingerprint density at radius 1 is 0.463 bits per heavy atom. The molecule has 0 saturated carbocycles. The molecule has 0 aliphatic heterocycles. The molecule has 67 heavy (non-hydrogen) atoms. The fourth-order valence-electron chi connectivity index (χ4n) is 7.37. The highest BCUT2D eigenvalue weighted by atomic mass is 16.6. The number of aliphatic carboxylic acids is 1. The lowest BCUT2D eigenvalue weighted by atomic mass is 10.1. The molecule has 0 aromatic carbocycles. The van der Waals surface area contributed by atoms with E-state index in [-0.39, 0.29) is 42.7 Å². The number of carbonyl (C=O) groups is 3. The molecular weight excluding hydrogens is 835 g/mol. The van der Waals surface area contributed by atoms with Gasteiger partial charge in [-0.1, -0.05) is 195 Å². The first-order valence-corrected chi connectivity index (χ1v) is 26.8. The Morgan fingerprint density at radius 2 is 0.851 bits per heavy atom. The average Bonchev–Trinajstić information content (AvgIpc) is 3.29. The molecule has 0 aromatic rings. The third-order valence-corrected chi connectivity index (χ3v) is 11.5. The van der Waals surface area contributed by atoms with E-state index < -0.39 is 18.1 Å². The van der Waals surface area contributed by atoms with Gasteiger partial charge in [-0.05, 0) is 89.9 Å². The molecular formula is C59H100NO7+. The van der Waals surface area contributed by atoms with Crippen LogP contribution in [0.3, 0.4) is 0 Å². The van der Waals surface area contributed by atoms with Crippen LogP contribution in [-0.4, -0.2) is 80.6 Å². The second kappa shape index (κ2) is 48.7. The number of hydrogen-bond donors (Lipinski definition) is 1. The van der Waals surface area contributed by atoms with Gasteiger partial charge in [-0.15, -0.1) is 0 Å². The van der Waals surface area contributed by atoms with Crippen LogP contribution in [0, 0.1) is 0 Å². The first-order chi connectivity index (χ1) is 32.6. The summed E-state index contributed by atoms with van der Waals surface area (Å²) in [6.45, 7) is 4.56. The molecule has 2 unspecified atom stereocenters. The summed E-state index contributed by atoms with van der Waals surface area (Å²) in [6, 6.07) is -0.630. The zero-order valence-electron chi connectivity index (χ0n) is 43.6. The smallest absolute Gasteiger partial charge is 0.362 e. The summed E-state index contributed by atoms with van der Waals surface area (Å²) in [5, 5.41) is 9.66. The van der Waals surface area contributed by atoms with E-state index in [2.05, 4.69) is 111 Å². The zero-order valence-corrected chi connectivity index (χ0v) is 43.6. The third kappa shape index (κ3) is 47.1. The normalized spacial score (nSPS) is 13.6. The molecule has 0 aliphatic rings. The number of rotatable bonds is 47. The van der Waals surface area contributed by atoms with Gasteiger partial charge in [0.15, 0.2) is 12.1 Å². The highest BCUT2D eigenvalue weighted by molar-refractivity contribution is 5.72. The van der Waals surface area contributed by atoms with E-state index in [0.717, 1.165) is 70.6 Å². The molecule has 8 nitrogen and oxygen atoms in total. The van der Waals surface area contributed by atoms with E-state index in [9.17, 15) is 19.5 Å². The van der Waals surface area contributed by atoms with Gasteiger partial charge in [0.2, 0.25) is 0 Å². The van der Waals surface area contributed by atoms with Gasteiger partial charge < -0.3 is 23.8 Å². The van der Waals surface area contributed by atoms with E-state index in [1.807, 2.05) is 21.1 Å². The lowest BCUT2D eigenvalue weighted by Crippen LogP contribution is -2.50. The number of nitrogens with zero attached hydrogens (tertiary/aromatic N) is 1. The Kier molecular flexibility index (Phi) is 46.0. The molecule has 0 rings (SSSR count). The van der Waals surface area contributed by atoms with Crippen molar-refractivity contribution in [2.45, 2.75) is 219 Å². The summed E-state index contributed by atoms with van der Waals surface area (Å²) in [5.74, 6) is -1.55. The first kappa shape index (κ1) is 63.2. The predicted octanol–water partition coefficient (Wildman–Crippen LogP) is 15.8. The van der Waals surface area contributed by atoms with Crippen LogP contribution < -0.4 is 0 Å². The summed E-state index contributed by atoms with van der Waals surface area (Å²) < 4.78 is 17.3. The van der Waals surface area contributed by atoms with E-state index >= 15 is 0 Å². The van der Waals surface area contributed by atoms with Gasteiger partial charge >= 0.3 is 17.9 Å². The third-order valence-electron chi connectivity index (χ3n) is 11.5. The molecule has 0 spiro atoms. The second-order valence-corrected chi connectivity index (χ2v) is 18.7. The van der Waals surface area contributed by atoms with Gasteiger partial charge in [0.25, 0.3) is 0 Å². The second-order valence-electron chi connectivity index (χ2n) is 18.7. The summed E-state index contributed by atoms with van der Waals surface area (Å²) in [4.78, 5) is 37.2. The molecule has 382 valence electrons. The number of allylic oxidation sites excluding steroid dienone is 16. The van der Waals surface area contributed by atoms with Crippen molar-refractivity contribution in [3.05, 3.63) is 97.2 Å². The number of unbranched alkanes of at least 4 members (excludes halogenated alkanes) is 17. The molecule has 0 amide bonds. The van der Waals surface area contributed by atoms with Gasteiger partial charge in [-0.2, -0.15) is 0 Å². The Balaban J connectivity index is 4.35. The van der Waals surface area contributed by atoms with Crippen molar-refractivity contribution in [2.24, 2.45) is 0 Å². The van der Waals surface area contributed by atoms with Crippen molar-refractivity contribution in [3.8, 4) is 0 Å². The number of quaternary nitrogens is 1. The standard InChI is InChI=1S/C59H99NO7/c1-6-8-10-12-14-16-18-20-22-24-26-28-29-30-32-33-35-37-39-41-43-45-47-49-57(61)66-54-55(53-65-52-51-56(59(63)64)60(3,4)5)67-58(62)50-48-46-44-42-40-38-36-34-31-27-25-23-21-19-17-15-13-11-9-7-2/h8,10,14,16,20,22,26-28,30-32,35,37,41,43,55-56H,6-7,9,11-13,15,17-19,21,23-25,29,33-34,36,38-40,42,44-54H2,1-5H3/p+1/b10-8+,16-14+,22-20+,28-26+,31-27+,32-30+,37-35+,43-41+. The van der Waals surface area contributed by atoms with Gasteiger partial charge in [-0.3, -0.25) is 9.59 Å². The van der Waals surface area contributed by atoms with Gasteiger partial charge in [0.05, 0.1) is 34.4 Å². The molecule has 2 atom stereocenters. The van der Waals surface area contributed by atoms with Crippen LogP contribution in [0.5, 0.6) is 0 Å². The number of likely N-dealkylation sites (N-methyl/N-ethyl adjacent to an activating group) is 1. The fraction of sp³-hybridized carbons (Fsp3) is 0.678. The van der Waals surface area contributed by atoms with Crippen molar-refractivity contribution in [1.29, 1.82) is 0 Å². The zero-order chi connectivity index (χ0) is 49.2. The quantitative estimate of drug-likeness (QED) is 0.0281. The van der Waals surface area contributed by atoms with Crippen molar-refractivity contribution >= 4 is 17.9 Å². The number of hydrogen-bond acceptors (Lipinski definition) is 6. The molecule has 1 N–H and O–H groups in total. The molecule has 0 fully saturated rings. The maximum atomic E-state index is 12.8. The summed E-state index contributed by atoms with van der Waals surface area (Å²) in [5.41, 5.74) is 0. The van der Waals surface area contributed by atoms with Crippen LogP contribution >= 0.6 is 0 Å². The minimum atomic E-state index is -0.886. The number of carboxylic acid groups (broad SMARTS) is 1. The highest BCUT2D eigenvalue weighted by Gasteiger charge is 2.31. The minimum Gasteiger partial charge on any atom is -0.477 e. The van der Waals surface area contributed by atoms with Gasteiger partial charge in [0, 0.05) is 19.3 Å². The summed E-state index contributed by atoms with van der Waals surface area (Å²) in [7, 11) is 5.51. The molecule has 0 bridgehead atoms. The van der Waals surface area contributed by atoms with Crippen LogP contribution in [-0.2, 0) is 28.6 Å². The van der Waals surface area contributed by atoms with E-state index in [1.165, 1.54) is 96.3 Å². The molecule has 0 saturated heterocycles. The lowest BCUT2D eigenvalue weighted by molar-refractivity contribution is -0.887. The average molecular weight is 935 g/mol. The Labute approximate surface area is 411 Å². The Bertz CT molecular complexity index is 1410. The van der Waals surface area contributed by atoms with Crippen molar-refractivity contribution in [1.82, 2.24) is 0 Å². The monoisotopic (exact) mass is 935 g/mol. The predicted molar refractivity (Wildman–Crippen MR) is 284 cm³/mol. The summed E-state index contributed by atoms with van der Waals surface area (Å²) in [6.07, 6.45) is 66.1. The maximum Gasteiger partial charge on any atom is 0.362 e. The topological polar surface area (TPSA) is 99.1 Å². The van der Waals surface area contributed by atoms with Crippen molar-refractivity contribution in [2.75, 3.05) is 41.0 Å². The molecule has 0 aromatic heterocycles. The Morgan fingerprint density at radius 3 is 1.30 bits per heavy atom. The maximum absolute atomic E-state index is 12.8. The van der Waals surface area contributed by atoms with Crippen molar-refractivity contribution in [3.63, 3.8) is 0 Å². The number of carboxylic acids is 1. The Hall–Kier alpha value is -3.75. The van der Waals surface area contributed by atoms with Crippen LogP contribution in [0.25, 0.3) is 0 Å². The highest BCUT2D eigenvalue weighted by Crippen LogP contribution is 2.14. The van der Waals surface area contributed by atoms with Gasteiger partial charge in [-0.25, -0.2) is 4.79 Å². The van der Waals surface area contributed by atoms with Crippen molar-refractivity contribution < 1.29 is 38.2 Å². The van der Waals surface area contributed by atoms with Crippen LogP contribution in [0.2, 0.25) is 0 Å². The lowest BCUT2D eigenvalue weighted by Gasteiger charge is -2.31. The van der Waals surface area contributed by atoms with E-state index in [0.29, 0.717) is 19.3 Å². The molecule has 0 radical (unpaired) electrons. The minimum absolute atomic E-state index is 0.0360. The largest absolute Gasteiger partial charge is 0.477 e. The molecule has 8 heteroatoms. The van der Waals surface area contributed by atoms with Crippen LogP contribution in [0.4, 0.5) is 0 Å². The van der Waals surface area contributed by atoms with E-state index in [1.54, 1.807) is 0 Å².